The summed E-state index contributed by atoms with van der Waals surface area (Å²) in [6, 6.07) is 10.5. The smallest absolute Gasteiger partial charge is 0.269 e. The van der Waals surface area contributed by atoms with Crippen LogP contribution in [-0.2, 0) is 11.2 Å². The number of piperazine rings is 1. The molecule has 2 heterocycles. The molecule has 9 heteroatoms. The van der Waals surface area contributed by atoms with E-state index in [4.69, 9.17) is 16.3 Å². The van der Waals surface area contributed by atoms with Gasteiger partial charge in [-0.05, 0) is 49.6 Å². The minimum atomic E-state index is -0.385. The Hall–Kier alpha value is -3.00. The molecule has 1 fully saturated rings. The molecule has 0 radical (unpaired) electrons. The summed E-state index contributed by atoms with van der Waals surface area (Å²) in [6.07, 6.45) is 1.29. The van der Waals surface area contributed by atoms with Gasteiger partial charge in [0.2, 0.25) is 5.91 Å². The summed E-state index contributed by atoms with van der Waals surface area (Å²) in [7, 11) is 1.63. The van der Waals surface area contributed by atoms with Crippen LogP contribution in [0.25, 0.3) is 0 Å². The first-order valence-electron chi connectivity index (χ1n) is 11.2. The molecule has 8 nitrogen and oxygen atoms in total. The topological polar surface area (TPSA) is 87.9 Å². The lowest BCUT2D eigenvalue weighted by Crippen LogP contribution is -2.61. The van der Waals surface area contributed by atoms with Gasteiger partial charge in [-0.15, -0.1) is 0 Å². The van der Waals surface area contributed by atoms with Crippen LogP contribution in [0.1, 0.15) is 25.8 Å². The maximum atomic E-state index is 13.3. The van der Waals surface area contributed by atoms with Gasteiger partial charge in [0.1, 0.15) is 5.75 Å². The number of nitro benzene ring substituents is 1. The Morgan fingerprint density at radius 3 is 2.76 bits per heavy atom. The predicted molar refractivity (Wildman–Crippen MR) is 130 cm³/mol. The molecule has 1 N–H and O–H groups in total. The number of fused-ring (bicyclic) bond motifs is 3. The zero-order valence-electron chi connectivity index (χ0n) is 19.1. The lowest BCUT2D eigenvalue weighted by atomic mass is 9.83. The number of carbonyl (C=O) groups is 1. The highest BCUT2D eigenvalue weighted by atomic mass is 35.5. The lowest BCUT2D eigenvalue weighted by Gasteiger charge is -2.49. The van der Waals surface area contributed by atoms with E-state index in [0.29, 0.717) is 31.1 Å². The van der Waals surface area contributed by atoms with Crippen molar-refractivity contribution >= 4 is 34.6 Å². The van der Waals surface area contributed by atoms with E-state index in [1.807, 2.05) is 32.0 Å². The first-order chi connectivity index (χ1) is 15.8. The SMILES string of the molecule is CC[C@H](C)NC(=O)[C@@H]1Cc2cc([N+](=O)[O-])ccc2N2CCN(c3cc(Cl)ccc3OC)C[C@@H]12. The monoisotopic (exact) mass is 472 g/mol. The van der Waals surface area contributed by atoms with Gasteiger partial charge in [-0.2, -0.15) is 0 Å². The minimum Gasteiger partial charge on any atom is -0.495 e. The van der Waals surface area contributed by atoms with E-state index in [2.05, 4.69) is 15.1 Å². The Morgan fingerprint density at radius 2 is 2.06 bits per heavy atom. The third kappa shape index (κ3) is 4.57. The number of nitrogens with one attached hydrogen (secondary N) is 1. The Bertz CT molecular complexity index is 1060. The number of nitrogens with zero attached hydrogens (tertiary/aromatic N) is 3. The van der Waals surface area contributed by atoms with Crippen LogP contribution in [0.15, 0.2) is 36.4 Å². The fourth-order valence-corrected chi connectivity index (χ4v) is 4.97. The van der Waals surface area contributed by atoms with E-state index in [9.17, 15) is 14.9 Å². The van der Waals surface area contributed by atoms with Crippen LogP contribution in [0.5, 0.6) is 5.75 Å². The van der Waals surface area contributed by atoms with Crippen molar-refractivity contribution in [3.05, 3.63) is 57.1 Å². The number of ether oxygens (including phenoxy) is 1. The van der Waals surface area contributed by atoms with E-state index in [1.165, 1.54) is 0 Å². The van der Waals surface area contributed by atoms with Gasteiger partial charge in [-0.3, -0.25) is 14.9 Å². The highest BCUT2D eigenvalue weighted by Gasteiger charge is 2.42. The van der Waals surface area contributed by atoms with Crippen molar-refractivity contribution in [2.24, 2.45) is 5.92 Å². The highest BCUT2D eigenvalue weighted by Crippen LogP contribution is 2.40. The summed E-state index contributed by atoms with van der Waals surface area (Å²) in [5.41, 5.74) is 2.77. The van der Waals surface area contributed by atoms with E-state index in [-0.39, 0.29) is 34.5 Å². The Balaban J connectivity index is 1.70. The standard InChI is InChI=1S/C24H29ClN4O4/c1-4-15(2)26-24(30)19-12-16-11-18(29(31)32)6-7-20(16)28-10-9-27(14-22(19)28)21-13-17(25)5-8-23(21)33-3/h5-8,11,13,15,19,22H,4,9-10,12,14H2,1-3H3,(H,26,30)/t15-,19+,22-/m0/s1. The van der Waals surface area contributed by atoms with Crippen LogP contribution in [0.2, 0.25) is 5.02 Å². The average Bonchev–Trinajstić information content (AvgIpc) is 2.82. The Kier molecular flexibility index (Phi) is 6.65. The number of methoxy groups -OCH3 is 1. The second-order valence-corrected chi connectivity index (χ2v) is 9.16. The van der Waals surface area contributed by atoms with Gasteiger partial charge in [-0.1, -0.05) is 18.5 Å². The molecule has 2 aromatic rings. The molecule has 1 amide bonds. The van der Waals surface area contributed by atoms with Gasteiger partial charge in [0.05, 0.1) is 29.7 Å². The molecule has 176 valence electrons. The van der Waals surface area contributed by atoms with E-state index in [0.717, 1.165) is 29.1 Å². The number of non-ortho nitro benzene ring substituents is 1. The number of carbonyl (C=O) groups excluding carboxylic acids is 1. The molecule has 2 aliphatic heterocycles. The van der Waals surface area contributed by atoms with Crippen LogP contribution in [-0.4, -0.2) is 49.7 Å². The molecule has 4 rings (SSSR count). The summed E-state index contributed by atoms with van der Waals surface area (Å²) in [4.78, 5) is 28.7. The van der Waals surface area contributed by atoms with Crippen molar-refractivity contribution in [1.29, 1.82) is 0 Å². The fourth-order valence-electron chi connectivity index (χ4n) is 4.80. The normalized spacial score (nSPS) is 20.5. The number of amides is 1. The van der Waals surface area contributed by atoms with E-state index in [1.54, 1.807) is 25.3 Å². The van der Waals surface area contributed by atoms with E-state index < -0.39 is 0 Å². The summed E-state index contributed by atoms with van der Waals surface area (Å²) >= 11 is 6.28. The largest absolute Gasteiger partial charge is 0.495 e. The number of anilines is 2. The number of rotatable bonds is 6. The Labute approximate surface area is 198 Å². The maximum Gasteiger partial charge on any atom is 0.269 e. The number of hydrogen-bond donors (Lipinski definition) is 1. The lowest BCUT2D eigenvalue weighted by molar-refractivity contribution is -0.384. The molecule has 2 aromatic carbocycles. The van der Waals surface area contributed by atoms with Crippen molar-refractivity contribution in [2.75, 3.05) is 36.5 Å². The molecular weight excluding hydrogens is 444 g/mol. The quantitative estimate of drug-likeness (QED) is 0.504. The molecular formula is C24H29ClN4O4. The molecule has 0 saturated carbocycles. The van der Waals surface area contributed by atoms with Crippen LogP contribution >= 0.6 is 11.6 Å². The van der Waals surface area contributed by atoms with Crippen LogP contribution in [0.4, 0.5) is 17.1 Å². The minimum absolute atomic E-state index is 0.0172. The first-order valence-corrected chi connectivity index (χ1v) is 11.6. The maximum absolute atomic E-state index is 13.3. The summed E-state index contributed by atoms with van der Waals surface area (Å²) in [6.45, 7) is 6.03. The van der Waals surface area contributed by atoms with Gasteiger partial charge in [0.15, 0.2) is 0 Å². The number of halogens is 1. The Morgan fingerprint density at radius 1 is 1.27 bits per heavy atom. The number of hydrogen-bond acceptors (Lipinski definition) is 6. The molecule has 33 heavy (non-hydrogen) atoms. The zero-order chi connectivity index (χ0) is 23.7. The molecule has 0 bridgehead atoms. The van der Waals surface area contributed by atoms with Crippen molar-refractivity contribution in [2.45, 2.75) is 38.8 Å². The molecule has 0 aliphatic carbocycles. The summed E-state index contributed by atoms with van der Waals surface area (Å²) in [5.74, 6) is 0.387. The predicted octanol–water partition coefficient (Wildman–Crippen LogP) is 4.04. The van der Waals surface area contributed by atoms with Gasteiger partial charge in [0.25, 0.3) is 5.69 Å². The second kappa shape index (κ2) is 9.47. The molecule has 3 atom stereocenters. The van der Waals surface area contributed by atoms with Crippen molar-refractivity contribution in [3.63, 3.8) is 0 Å². The molecule has 2 aliphatic rings. The average molecular weight is 473 g/mol. The zero-order valence-corrected chi connectivity index (χ0v) is 19.8. The van der Waals surface area contributed by atoms with Gasteiger partial charge in [-0.25, -0.2) is 0 Å². The fraction of sp³-hybridized carbons (Fsp3) is 0.458. The van der Waals surface area contributed by atoms with Crippen molar-refractivity contribution in [3.8, 4) is 5.75 Å². The van der Waals surface area contributed by atoms with Gasteiger partial charge in [0, 0.05) is 48.5 Å². The van der Waals surface area contributed by atoms with Crippen LogP contribution in [0, 0.1) is 16.0 Å². The summed E-state index contributed by atoms with van der Waals surface area (Å²) < 4.78 is 5.57. The van der Waals surface area contributed by atoms with Crippen molar-refractivity contribution < 1.29 is 14.5 Å². The van der Waals surface area contributed by atoms with Gasteiger partial charge < -0.3 is 19.9 Å². The first kappa shape index (κ1) is 23.2. The van der Waals surface area contributed by atoms with Crippen molar-refractivity contribution in [1.82, 2.24) is 5.32 Å². The summed E-state index contributed by atoms with van der Waals surface area (Å²) in [5, 5.41) is 15.1. The molecule has 0 aromatic heterocycles. The molecule has 0 spiro atoms. The molecule has 0 unspecified atom stereocenters. The molecule has 1 saturated heterocycles. The number of nitro groups is 1. The highest BCUT2D eigenvalue weighted by molar-refractivity contribution is 6.31. The van der Waals surface area contributed by atoms with Crippen LogP contribution < -0.4 is 19.9 Å². The second-order valence-electron chi connectivity index (χ2n) is 8.72. The third-order valence-electron chi connectivity index (χ3n) is 6.73. The number of benzene rings is 2. The third-order valence-corrected chi connectivity index (χ3v) is 6.96. The van der Waals surface area contributed by atoms with Crippen LogP contribution in [0.3, 0.4) is 0 Å². The van der Waals surface area contributed by atoms with E-state index >= 15 is 0 Å². The van der Waals surface area contributed by atoms with Gasteiger partial charge >= 0.3 is 0 Å².